The van der Waals surface area contributed by atoms with Crippen LogP contribution in [0.5, 0.6) is 17.2 Å². The van der Waals surface area contributed by atoms with Crippen LogP contribution in [0.4, 0.5) is 11.4 Å². The van der Waals surface area contributed by atoms with Crippen LogP contribution in [-0.2, 0) is 9.59 Å². The summed E-state index contributed by atoms with van der Waals surface area (Å²) in [4.78, 5) is 26.5. The number of hydrogen-bond acceptors (Lipinski definition) is 5. The Balaban J connectivity index is 1.40. The van der Waals surface area contributed by atoms with Gasteiger partial charge in [0.1, 0.15) is 23.9 Å². The van der Waals surface area contributed by atoms with Crippen LogP contribution in [0.25, 0.3) is 6.08 Å². The molecule has 0 atom stereocenters. The first kappa shape index (κ1) is 23.2. The fraction of sp³-hybridized carbons (Fsp3) is 0.154. The monoisotopic (exact) mass is 478 g/mol. The minimum atomic E-state index is -0.299. The van der Waals surface area contributed by atoms with E-state index in [0.29, 0.717) is 34.4 Å². The summed E-state index contributed by atoms with van der Waals surface area (Å²) in [5, 5.41) is 3.44. The number of nitrogens with one attached hydrogen (secondary N) is 1. The molecule has 3 aromatic carbocycles. The first-order valence-corrected chi connectivity index (χ1v) is 11.0. The van der Waals surface area contributed by atoms with Crippen LogP contribution in [0.1, 0.15) is 5.56 Å². The number of hydrogen-bond donors (Lipinski definition) is 1. The molecule has 0 aromatic heterocycles. The molecule has 0 saturated carbocycles. The van der Waals surface area contributed by atoms with Crippen molar-refractivity contribution in [3.05, 3.63) is 83.4 Å². The molecule has 0 unspecified atom stereocenters. The lowest BCUT2D eigenvalue weighted by Gasteiger charge is -2.29. The van der Waals surface area contributed by atoms with Crippen LogP contribution < -0.4 is 24.4 Å². The highest BCUT2D eigenvalue weighted by atomic mass is 35.5. The second-order valence-corrected chi connectivity index (χ2v) is 7.85. The van der Waals surface area contributed by atoms with E-state index in [2.05, 4.69) is 5.32 Å². The second kappa shape index (κ2) is 10.8. The maximum absolute atomic E-state index is 12.5. The Labute approximate surface area is 202 Å². The van der Waals surface area contributed by atoms with E-state index in [0.717, 1.165) is 11.3 Å². The number of benzene rings is 3. The minimum Gasteiger partial charge on any atom is -0.497 e. The number of methoxy groups -OCH3 is 1. The van der Waals surface area contributed by atoms with E-state index in [1.165, 1.54) is 6.08 Å². The lowest BCUT2D eigenvalue weighted by atomic mass is 10.2. The molecule has 1 N–H and O–H groups in total. The van der Waals surface area contributed by atoms with Crippen LogP contribution in [0.15, 0.2) is 72.8 Å². The Morgan fingerprint density at radius 3 is 2.56 bits per heavy atom. The van der Waals surface area contributed by atoms with Gasteiger partial charge in [0, 0.05) is 16.8 Å². The van der Waals surface area contributed by atoms with Crippen molar-refractivity contribution < 1.29 is 23.8 Å². The number of ether oxygens (including phenoxy) is 3. The predicted octanol–water partition coefficient (Wildman–Crippen LogP) is 4.80. The molecule has 7 nitrogen and oxygen atoms in total. The maximum Gasteiger partial charge on any atom is 0.265 e. The van der Waals surface area contributed by atoms with E-state index < -0.39 is 0 Å². The summed E-state index contributed by atoms with van der Waals surface area (Å²) in [6.45, 7) is 0.568. The second-order valence-electron chi connectivity index (χ2n) is 7.41. The van der Waals surface area contributed by atoms with Gasteiger partial charge in [0.15, 0.2) is 6.61 Å². The predicted molar refractivity (Wildman–Crippen MR) is 132 cm³/mol. The van der Waals surface area contributed by atoms with Crippen molar-refractivity contribution >= 4 is 40.9 Å². The van der Waals surface area contributed by atoms with Gasteiger partial charge in [-0.25, -0.2) is 0 Å². The van der Waals surface area contributed by atoms with E-state index in [1.54, 1.807) is 72.7 Å². The summed E-state index contributed by atoms with van der Waals surface area (Å²) in [5.74, 6) is 1.50. The van der Waals surface area contributed by atoms with Crippen molar-refractivity contribution in [3.63, 3.8) is 0 Å². The van der Waals surface area contributed by atoms with Crippen molar-refractivity contribution in [3.8, 4) is 17.2 Å². The zero-order valence-electron chi connectivity index (χ0n) is 18.5. The number of amides is 2. The maximum atomic E-state index is 12.5. The quantitative estimate of drug-likeness (QED) is 0.470. The number of rotatable bonds is 8. The molecule has 0 bridgehead atoms. The molecule has 174 valence electrons. The molecule has 1 aliphatic heterocycles. The first-order chi connectivity index (χ1) is 16.5. The van der Waals surface area contributed by atoms with Gasteiger partial charge in [-0.1, -0.05) is 23.7 Å². The molecule has 4 rings (SSSR count). The average molecular weight is 479 g/mol. The van der Waals surface area contributed by atoms with Crippen molar-refractivity contribution in [1.29, 1.82) is 0 Å². The highest BCUT2D eigenvalue weighted by Gasteiger charge is 2.26. The Kier molecular flexibility index (Phi) is 7.34. The van der Waals surface area contributed by atoms with Crippen molar-refractivity contribution in [2.24, 2.45) is 0 Å². The molecule has 1 aliphatic rings. The summed E-state index contributed by atoms with van der Waals surface area (Å²) >= 11 is 5.88. The third-order valence-electron chi connectivity index (χ3n) is 5.11. The topological polar surface area (TPSA) is 77.1 Å². The molecule has 0 saturated heterocycles. The third-order valence-corrected chi connectivity index (χ3v) is 5.36. The Hall–Kier alpha value is -3.97. The highest BCUT2D eigenvalue weighted by molar-refractivity contribution is 6.30. The Morgan fingerprint density at radius 2 is 1.82 bits per heavy atom. The SMILES string of the molecule is COc1ccc(OCCN2C(=O)COc3ccc(NC(=O)/C=C/c4ccc(Cl)cc4)cc32)cc1. The lowest BCUT2D eigenvalue weighted by Crippen LogP contribution is -2.41. The van der Waals surface area contributed by atoms with Gasteiger partial charge in [-0.3, -0.25) is 9.59 Å². The number of anilines is 2. The van der Waals surface area contributed by atoms with Crippen LogP contribution in [0.3, 0.4) is 0 Å². The van der Waals surface area contributed by atoms with E-state index in [4.69, 9.17) is 25.8 Å². The zero-order chi connectivity index (χ0) is 23.9. The summed E-state index contributed by atoms with van der Waals surface area (Å²) in [5.41, 5.74) is 1.98. The summed E-state index contributed by atoms with van der Waals surface area (Å²) in [6.07, 6.45) is 3.13. The molecule has 0 radical (unpaired) electrons. The number of carbonyl (C=O) groups excluding carboxylic acids is 2. The molecule has 34 heavy (non-hydrogen) atoms. The minimum absolute atomic E-state index is 0.0505. The first-order valence-electron chi connectivity index (χ1n) is 10.6. The van der Waals surface area contributed by atoms with Gasteiger partial charge in [-0.05, 0) is 66.2 Å². The van der Waals surface area contributed by atoms with Crippen molar-refractivity contribution in [2.75, 3.05) is 37.1 Å². The van der Waals surface area contributed by atoms with Gasteiger partial charge in [0.25, 0.3) is 5.91 Å². The van der Waals surface area contributed by atoms with E-state index in [1.807, 2.05) is 12.1 Å². The van der Waals surface area contributed by atoms with E-state index in [-0.39, 0.29) is 25.0 Å². The van der Waals surface area contributed by atoms with Crippen molar-refractivity contribution in [2.45, 2.75) is 0 Å². The smallest absolute Gasteiger partial charge is 0.265 e. The van der Waals surface area contributed by atoms with Gasteiger partial charge in [0.05, 0.1) is 19.3 Å². The van der Waals surface area contributed by atoms with Crippen molar-refractivity contribution in [1.82, 2.24) is 0 Å². The number of halogens is 1. The number of fused-ring (bicyclic) bond motifs is 1. The number of nitrogens with zero attached hydrogens (tertiary/aromatic N) is 1. The molecular formula is C26H23ClN2O5. The summed E-state index contributed by atoms with van der Waals surface area (Å²) in [6, 6.07) is 19.6. The molecule has 0 spiro atoms. The molecule has 8 heteroatoms. The van der Waals surface area contributed by atoms with Gasteiger partial charge >= 0.3 is 0 Å². The van der Waals surface area contributed by atoms with Gasteiger partial charge < -0.3 is 24.4 Å². The zero-order valence-corrected chi connectivity index (χ0v) is 19.2. The van der Waals surface area contributed by atoms with Crippen LogP contribution >= 0.6 is 11.6 Å². The summed E-state index contributed by atoms with van der Waals surface area (Å²) < 4.78 is 16.5. The molecular weight excluding hydrogens is 456 g/mol. The summed E-state index contributed by atoms with van der Waals surface area (Å²) in [7, 11) is 1.60. The van der Waals surface area contributed by atoms with Crippen LogP contribution in [0.2, 0.25) is 5.02 Å². The van der Waals surface area contributed by atoms with Crippen LogP contribution in [-0.4, -0.2) is 38.7 Å². The third kappa shape index (κ3) is 5.88. The van der Waals surface area contributed by atoms with Gasteiger partial charge in [-0.2, -0.15) is 0 Å². The molecule has 3 aromatic rings. The lowest BCUT2D eigenvalue weighted by molar-refractivity contribution is -0.121. The standard InChI is InChI=1S/C26H23ClN2O5/c1-32-21-8-10-22(11-9-21)33-15-14-29-23-16-20(7-12-24(23)34-17-26(29)31)28-25(30)13-4-18-2-5-19(27)6-3-18/h2-13,16H,14-15,17H2,1H3,(H,28,30)/b13-4+. The molecule has 0 fully saturated rings. The normalized spacial score (nSPS) is 12.8. The fourth-order valence-electron chi connectivity index (χ4n) is 3.38. The van der Waals surface area contributed by atoms with Gasteiger partial charge in [0.2, 0.25) is 5.91 Å². The van der Waals surface area contributed by atoms with Gasteiger partial charge in [-0.15, -0.1) is 0 Å². The Morgan fingerprint density at radius 1 is 1.09 bits per heavy atom. The van der Waals surface area contributed by atoms with E-state index >= 15 is 0 Å². The molecule has 1 heterocycles. The fourth-order valence-corrected chi connectivity index (χ4v) is 3.51. The number of carbonyl (C=O) groups is 2. The Bertz CT molecular complexity index is 1190. The highest BCUT2D eigenvalue weighted by Crippen LogP contribution is 2.34. The molecule has 2 amide bonds. The molecule has 0 aliphatic carbocycles. The van der Waals surface area contributed by atoms with Crippen LogP contribution in [0, 0.1) is 0 Å². The van der Waals surface area contributed by atoms with E-state index in [9.17, 15) is 9.59 Å². The average Bonchev–Trinajstić information content (AvgIpc) is 2.85. The largest absolute Gasteiger partial charge is 0.497 e.